The third kappa shape index (κ3) is 5.55. The summed E-state index contributed by atoms with van der Waals surface area (Å²) in [6.07, 6.45) is 0. The Morgan fingerprint density at radius 3 is 2.59 bits per heavy atom. The molecular weight excluding hydrogens is 482 g/mol. The fourth-order valence-corrected chi connectivity index (χ4v) is 4.12. The number of rotatable bonds is 8. The summed E-state index contributed by atoms with van der Waals surface area (Å²) in [6, 6.07) is 17.6. The highest BCUT2D eigenvalue weighted by molar-refractivity contribution is 7.99. The molecule has 4 aromatic rings. The smallest absolute Gasteiger partial charge is 0.234 e. The predicted octanol–water partition coefficient (Wildman–Crippen LogP) is 6.00. The van der Waals surface area contributed by atoms with E-state index in [1.54, 1.807) is 16.7 Å². The average Bonchev–Trinajstić information content (AvgIpc) is 3.24. The highest BCUT2D eigenvalue weighted by Gasteiger charge is 2.18. The maximum Gasteiger partial charge on any atom is 0.234 e. The van der Waals surface area contributed by atoms with Crippen LogP contribution in [-0.4, -0.2) is 33.0 Å². The summed E-state index contributed by atoms with van der Waals surface area (Å²) >= 11 is 7.30. The summed E-state index contributed by atoms with van der Waals surface area (Å²) in [5.41, 5.74) is 1.41. The van der Waals surface area contributed by atoms with Crippen molar-refractivity contribution in [1.29, 1.82) is 0 Å². The number of anilines is 1. The van der Waals surface area contributed by atoms with Gasteiger partial charge in [0, 0.05) is 22.3 Å². The van der Waals surface area contributed by atoms with Gasteiger partial charge in [0.15, 0.2) is 11.0 Å². The Balaban J connectivity index is 1.61. The molecule has 1 amide bonds. The van der Waals surface area contributed by atoms with Crippen molar-refractivity contribution in [2.24, 2.45) is 0 Å². The molecule has 0 unspecified atom stereocenters. The fraction of sp³-hybridized carbons (Fsp3) is 0.125. The minimum Gasteiger partial charge on any atom is -0.494 e. The molecule has 0 aliphatic heterocycles. The minimum atomic E-state index is -0.848. The predicted molar refractivity (Wildman–Crippen MR) is 129 cm³/mol. The molecule has 6 nitrogen and oxygen atoms in total. The Kier molecular flexibility index (Phi) is 7.44. The molecule has 1 N–H and O–H groups in total. The van der Waals surface area contributed by atoms with E-state index in [-0.39, 0.29) is 11.4 Å². The van der Waals surface area contributed by atoms with Crippen molar-refractivity contribution in [3.8, 4) is 22.8 Å². The summed E-state index contributed by atoms with van der Waals surface area (Å²) in [5.74, 6) is -0.846. The lowest BCUT2D eigenvalue weighted by Crippen LogP contribution is -2.15. The highest BCUT2D eigenvalue weighted by Crippen LogP contribution is 2.30. The molecule has 1 heterocycles. The third-order valence-corrected chi connectivity index (χ3v) is 5.82. The van der Waals surface area contributed by atoms with E-state index in [9.17, 15) is 13.6 Å². The quantitative estimate of drug-likeness (QED) is 0.301. The van der Waals surface area contributed by atoms with Gasteiger partial charge in [-0.3, -0.25) is 9.36 Å². The number of carbonyl (C=O) groups is 1. The van der Waals surface area contributed by atoms with Gasteiger partial charge in [-0.25, -0.2) is 8.78 Å². The molecule has 34 heavy (non-hydrogen) atoms. The Hall–Kier alpha value is -3.43. The van der Waals surface area contributed by atoms with Gasteiger partial charge in [-0.15, -0.1) is 10.2 Å². The second kappa shape index (κ2) is 10.7. The number of nitrogens with zero attached hydrogens (tertiary/aromatic N) is 3. The molecule has 0 radical (unpaired) electrons. The van der Waals surface area contributed by atoms with Gasteiger partial charge in [-0.05, 0) is 55.5 Å². The van der Waals surface area contributed by atoms with Crippen LogP contribution in [0.25, 0.3) is 17.1 Å². The highest BCUT2D eigenvalue weighted by atomic mass is 35.5. The van der Waals surface area contributed by atoms with Crippen LogP contribution < -0.4 is 10.1 Å². The van der Waals surface area contributed by atoms with Crippen LogP contribution in [0.2, 0.25) is 5.02 Å². The van der Waals surface area contributed by atoms with E-state index in [1.807, 2.05) is 43.3 Å². The van der Waals surface area contributed by atoms with Crippen LogP contribution in [0.15, 0.2) is 71.9 Å². The van der Waals surface area contributed by atoms with Crippen molar-refractivity contribution in [3.05, 3.63) is 83.4 Å². The molecule has 10 heteroatoms. The van der Waals surface area contributed by atoms with Crippen LogP contribution in [0.4, 0.5) is 14.5 Å². The maximum atomic E-state index is 13.9. The van der Waals surface area contributed by atoms with E-state index in [1.165, 1.54) is 6.07 Å². The number of nitrogens with one attached hydrogen (secondary N) is 1. The second-order valence-electron chi connectivity index (χ2n) is 7.04. The number of aromatic nitrogens is 3. The summed E-state index contributed by atoms with van der Waals surface area (Å²) in [4.78, 5) is 12.4. The molecule has 0 aliphatic rings. The van der Waals surface area contributed by atoms with Crippen molar-refractivity contribution >= 4 is 35.0 Å². The summed E-state index contributed by atoms with van der Waals surface area (Å²) < 4.78 is 34.3. The lowest BCUT2D eigenvalue weighted by atomic mass is 10.2. The molecule has 3 aromatic carbocycles. The van der Waals surface area contributed by atoms with Gasteiger partial charge in [0.1, 0.15) is 17.4 Å². The third-order valence-electron chi connectivity index (χ3n) is 4.66. The molecule has 0 fully saturated rings. The number of ether oxygens (including phenoxy) is 1. The Morgan fingerprint density at radius 2 is 1.88 bits per heavy atom. The van der Waals surface area contributed by atoms with Crippen molar-refractivity contribution < 1.29 is 18.3 Å². The summed E-state index contributed by atoms with van der Waals surface area (Å²) in [6.45, 7) is 2.45. The van der Waals surface area contributed by atoms with Crippen LogP contribution in [0.1, 0.15) is 6.92 Å². The normalized spacial score (nSPS) is 10.8. The topological polar surface area (TPSA) is 69.0 Å². The molecule has 0 spiro atoms. The first-order valence-corrected chi connectivity index (χ1v) is 11.6. The van der Waals surface area contributed by atoms with Gasteiger partial charge in [-0.2, -0.15) is 0 Å². The SMILES string of the molecule is CCOc1ccc(-n2c(SCC(=O)Nc3ccc(F)cc3F)nnc2-c2cccc(Cl)c2)cc1. The molecule has 4 rings (SSSR count). The lowest BCUT2D eigenvalue weighted by Gasteiger charge is -2.12. The van der Waals surface area contributed by atoms with Crippen LogP contribution in [0, 0.1) is 11.6 Å². The van der Waals surface area contributed by atoms with E-state index in [0.717, 1.165) is 34.8 Å². The maximum absolute atomic E-state index is 13.9. The largest absolute Gasteiger partial charge is 0.494 e. The van der Waals surface area contributed by atoms with Crippen LogP contribution in [0.5, 0.6) is 5.75 Å². The van der Waals surface area contributed by atoms with Gasteiger partial charge >= 0.3 is 0 Å². The van der Waals surface area contributed by atoms with Crippen LogP contribution in [-0.2, 0) is 4.79 Å². The zero-order valence-electron chi connectivity index (χ0n) is 18.0. The first kappa shape index (κ1) is 23.7. The van der Waals surface area contributed by atoms with Crippen molar-refractivity contribution in [2.75, 3.05) is 17.7 Å². The zero-order valence-corrected chi connectivity index (χ0v) is 19.5. The molecular formula is C24H19ClF2N4O2S. The number of hydrogen-bond acceptors (Lipinski definition) is 5. The minimum absolute atomic E-state index is 0.0679. The van der Waals surface area contributed by atoms with E-state index < -0.39 is 17.5 Å². The molecule has 174 valence electrons. The first-order chi connectivity index (χ1) is 16.4. The Morgan fingerprint density at radius 1 is 1.09 bits per heavy atom. The number of halogens is 3. The standard InChI is InChI=1S/C24H19ClF2N4O2S/c1-2-33-19-9-7-18(8-10-19)31-23(15-4-3-5-16(25)12-15)29-30-24(31)34-14-22(32)28-21-11-6-17(26)13-20(21)27/h3-13H,2,14H2,1H3,(H,28,32). The van der Waals surface area contributed by atoms with Crippen molar-refractivity contribution in [1.82, 2.24) is 14.8 Å². The number of carbonyl (C=O) groups excluding carboxylic acids is 1. The molecule has 0 atom stereocenters. The van der Waals surface area contributed by atoms with E-state index in [2.05, 4.69) is 15.5 Å². The van der Waals surface area contributed by atoms with Crippen LogP contribution >= 0.6 is 23.4 Å². The molecule has 0 saturated heterocycles. The fourth-order valence-electron chi connectivity index (χ4n) is 3.18. The van der Waals surface area contributed by atoms with Crippen LogP contribution in [0.3, 0.4) is 0 Å². The van der Waals surface area contributed by atoms with Gasteiger partial charge in [0.05, 0.1) is 18.0 Å². The zero-order chi connectivity index (χ0) is 24.1. The number of benzene rings is 3. The monoisotopic (exact) mass is 500 g/mol. The van der Waals surface area contributed by atoms with Crippen molar-refractivity contribution in [2.45, 2.75) is 12.1 Å². The number of thioether (sulfide) groups is 1. The average molecular weight is 501 g/mol. The number of amides is 1. The molecule has 0 aliphatic carbocycles. The Labute approximate surface area is 203 Å². The lowest BCUT2D eigenvalue weighted by molar-refractivity contribution is -0.113. The van der Waals surface area contributed by atoms with Crippen molar-refractivity contribution in [3.63, 3.8) is 0 Å². The first-order valence-electron chi connectivity index (χ1n) is 10.3. The second-order valence-corrected chi connectivity index (χ2v) is 8.42. The van der Waals surface area contributed by atoms with Gasteiger partial charge in [-0.1, -0.05) is 35.5 Å². The van der Waals surface area contributed by atoms with Gasteiger partial charge in [0.25, 0.3) is 0 Å². The summed E-state index contributed by atoms with van der Waals surface area (Å²) in [5, 5.41) is 12.0. The molecule has 0 bridgehead atoms. The number of hydrogen-bond donors (Lipinski definition) is 1. The van der Waals surface area contributed by atoms with E-state index in [0.29, 0.717) is 28.7 Å². The molecule has 0 saturated carbocycles. The van der Waals surface area contributed by atoms with E-state index in [4.69, 9.17) is 16.3 Å². The van der Waals surface area contributed by atoms with Gasteiger partial charge < -0.3 is 10.1 Å². The van der Waals surface area contributed by atoms with E-state index >= 15 is 0 Å². The van der Waals surface area contributed by atoms with Gasteiger partial charge in [0.2, 0.25) is 5.91 Å². The summed E-state index contributed by atoms with van der Waals surface area (Å²) in [7, 11) is 0. The Bertz CT molecular complexity index is 1310. The molecule has 1 aromatic heterocycles.